The molecule has 2 aliphatic carbocycles. The van der Waals surface area contributed by atoms with Gasteiger partial charge in [0.25, 0.3) is 0 Å². The van der Waals surface area contributed by atoms with Gasteiger partial charge in [0, 0.05) is 28.7 Å². The number of aliphatic hydroxyl groups is 2. The minimum absolute atomic E-state index is 0.0298. The Balaban J connectivity index is 1.34. The van der Waals surface area contributed by atoms with Gasteiger partial charge in [-0.1, -0.05) is 29.8 Å². The largest absolute Gasteiger partial charge is 0.490 e. The van der Waals surface area contributed by atoms with Crippen molar-refractivity contribution in [2.24, 2.45) is 11.8 Å². The third kappa shape index (κ3) is 4.05. The molecule has 174 valence electrons. The molecule has 0 aromatic heterocycles. The fourth-order valence-corrected chi connectivity index (χ4v) is 5.71. The van der Waals surface area contributed by atoms with E-state index in [-0.39, 0.29) is 29.3 Å². The number of halogens is 2. The predicted molar refractivity (Wildman–Crippen MR) is 121 cm³/mol. The third-order valence-corrected chi connectivity index (χ3v) is 7.80. The molecule has 1 unspecified atom stereocenters. The van der Waals surface area contributed by atoms with Crippen LogP contribution in [0, 0.1) is 17.7 Å². The minimum Gasteiger partial charge on any atom is -0.490 e. The molecule has 33 heavy (non-hydrogen) atoms. The Labute approximate surface area is 196 Å². The molecule has 7 heteroatoms. The van der Waals surface area contributed by atoms with E-state index >= 15 is 0 Å². The van der Waals surface area contributed by atoms with Crippen molar-refractivity contribution in [1.29, 1.82) is 0 Å². The predicted octanol–water partition coefficient (Wildman–Crippen LogP) is 4.52. The van der Waals surface area contributed by atoms with Crippen LogP contribution in [0.15, 0.2) is 48.6 Å². The van der Waals surface area contributed by atoms with E-state index in [0.717, 1.165) is 12.0 Å². The van der Waals surface area contributed by atoms with E-state index in [4.69, 9.17) is 16.3 Å². The van der Waals surface area contributed by atoms with Crippen molar-refractivity contribution in [1.82, 2.24) is 0 Å². The van der Waals surface area contributed by atoms with E-state index in [1.165, 1.54) is 12.1 Å². The SMILES string of the molecule is O=C(O)c1ccc2c(c1)O[C@H]1C[C@@H](O)[C@H](/C=C/C(O)C3(c4cc(Cl)ccc4F)CC3)[C@H]1CC2. The molecule has 0 spiro atoms. The van der Waals surface area contributed by atoms with Gasteiger partial charge in [-0.05, 0) is 67.1 Å². The monoisotopic (exact) mass is 472 g/mol. The van der Waals surface area contributed by atoms with Crippen molar-refractivity contribution in [2.75, 3.05) is 0 Å². The quantitative estimate of drug-likeness (QED) is 0.557. The second kappa shape index (κ2) is 8.42. The molecule has 2 fully saturated rings. The van der Waals surface area contributed by atoms with E-state index in [9.17, 15) is 24.5 Å². The number of aliphatic hydroxyl groups excluding tert-OH is 2. The first kappa shape index (κ1) is 22.4. The van der Waals surface area contributed by atoms with Crippen LogP contribution in [0.5, 0.6) is 5.75 Å². The number of carbonyl (C=O) groups is 1. The molecule has 5 nitrogen and oxygen atoms in total. The highest BCUT2D eigenvalue weighted by Gasteiger charge is 2.51. The topological polar surface area (TPSA) is 87.0 Å². The Morgan fingerprint density at radius 2 is 2.03 bits per heavy atom. The van der Waals surface area contributed by atoms with Crippen LogP contribution in [0.2, 0.25) is 5.02 Å². The average molecular weight is 473 g/mol. The molecule has 2 aromatic carbocycles. The maximum absolute atomic E-state index is 14.5. The molecule has 0 radical (unpaired) electrons. The van der Waals surface area contributed by atoms with Crippen molar-refractivity contribution < 1.29 is 29.2 Å². The normalized spacial score (nSPS) is 28.5. The third-order valence-electron chi connectivity index (χ3n) is 7.56. The Hall–Kier alpha value is -2.41. The van der Waals surface area contributed by atoms with Gasteiger partial charge in [0.2, 0.25) is 0 Å². The maximum atomic E-state index is 14.5. The summed E-state index contributed by atoms with van der Waals surface area (Å²) in [6.07, 6.45) is 5.03. The van der Waals surface area contributed by atoms with Crippen molar-refractivity contribution in [2.45, 2.75) is 55.8 Å². The van der Waals surface area contributed by atoms with Crippen LogP contribution >= 0.6 is 11.6 Å². The van der Waals surface area contributed by atoms with Gasteiger partial charge in [0.15, 0.2) is 0 Å². The highest BCUT2D eigenvalue weighted by molar-refractivity contribution is 6.30. The highest BCUT2D eigenvalue weighted by atomic mass is 35.5. The zero-order valence-electron chi connectivity index (χ0n) is 18.0. The Bertz CT molecular complexity index is 1110. The number of aryl methyl sites for hydroxylation is 1. The summed E-state index contributed by atoms with van der Waals surface area (Å²) in [5.41, 5.74) is 0.880. The van der Waals surface area contributed by atoms with Crippen molar-refractivity contribution in [3.05, 3.63) is 76.1 Å². The number of rotatable bonds is 5. The van der Waals surface area contributed by atoms with Gasteiger partial charge in [-0.15, -0.1) is 0 Å². The summed E-state index contributed by atoms with van der Waals surface area (Å²) in [6, 6.07) is 9.34. The number of ether oxygens (including phenoxy) is 1. The van der Waals surface area contributed by atoms with Crippen LogP contribution in [0.4, 0.5) is 4.39 Å². The lowest BCUT2D eigenvalue weighted by Gasteiger charge is -2.24. The molecule has 3 N–H and O–H groups in total. The number of hydrogen-bond donors (Lipinski definition) is 3. The molecule has 2 saturated carbocycles. The summed E-state index contributed by atoms with van der Waals surface area (Å²) in [5.74, 6) is -0.998. The molecule has 0 saturated heterocycles. The van der Waals surface area contributed by atoms with Gasteiger partial charge < -0.3 is 20.1 Å². The average Bonchev–Trinajstić information content (AvgIpc) is 3.56. The van der Waals surface area contributed by atoms with Crippen molar-refractivity contribution in [3.8, 4) is 5.75 Å². The van der Waals surface area contributed by atoms with Gasteiger partial charge in [0.1, 0.15) is 17.7 Å². The Kier molecular flexibility index (Phi) is 5.71. The number of benzene rings is 2. The smallest absolute Gasteiger partial charge is 0.335 e. The van der Waals surface area contributed by atoms with Crippen LogP contribution in [-0.4, -0.2) is 39.6 Å². The van der Waals surface area contributed by atoms with Crippen molar-refractivity contribution >= 4 is 17.6 Å². The van der Waals surface area contributed by atoms with Crippen LogP contribution in [0.3, 0.4) is 0 Å². The summed E-state index contributed by atoms with van der Waals surface area (Å²) in [6.45, 7) is 0. The summed E-state index contributed by atoms with van der Waals surface area (Å²) in [5, 5.41) is 31.4. The zero-order valence-corrected chi connectivity index (χ0v) is 18.7. The first-order valence-corrected chi connectivity index (χ1v) is 11.7. The highest BCUT2D eigenvalue weighted by Crippen LogP contribution is 2.53. The zero-order chi connectivity index (χ0) is 23.3. The fourth-order valence-electron chi connectivity index (χ4n) is 5.53. The lowest BCUT2D eigenvalue weighted by molar-refractivity contribution is 0.0695. The molecule has 3 aliphatic rings. The Morgan fingerprint density at radius 1 is 1.24 bits per heavy atom. The van der Waals surface area contributed by atoms with Gasteiger partial charge in [-0.25, -0.2) is 9.18 Å². The van der Waals surface area contributed by atoms with Gasteiger partial charge in [-0.3, -0.25) is 0 Å². The van der Waals surface area contributed by atoms with Crippen LogP contribution in [0.25, 0.3) is 0 Å². The van der Waals surface area contributed by atoms with E-state index in [2.05, 4.69) is 0 Å². The summed E-state index contributed by atoms with van der Waals surface area (Å²) in [4.78, 5) is 11.3. The molecule has 5 atom stereocenters. The van der Waals surface area contributed by atoms with Crippen LogP contribution < -0.4 is 4.74 Å². The maximum Gasteiger partial charge on any atom is 0.335 e. The lowest BCUT2D eigenvalue weighted by Crippen LogP contribution is -2.27. The van der Waals surface area contributed by atoms with Crippen LogP contribution in [-0.2, 0) is 11.8 Å². The van der Waals surface area contributed by atoms with E-state index < -0.39 is 23.6 Å². The number of carboxylic acid groups (broad SMARTS) is 1. The fraction of sp³-hybridized carbons (Fsp3) is 0.423. The van der Waals surface area contributed by atoms with Gasteiger partial charge in [-0.2, -0.15) is 0 Å². The lowest BCUT2D eigenvalue weighted by atomic mass is 9.85. The molecule has 0 amide bonds. The minimum atomic E-state index is -1.01. The second-order valence-electron chi connectivity index (χ2n) is 9.48. The van der Waals surface area contributed by atoms with Gasteiger partial charge in [0.05, 0.1) is 17.8 Å². The number of aromatic carboxylic acids is 1. The van der Waals surface area contributed by atoms with Crippen molar-refractivity contribution in [3.63, 3.8) is 0 Å². The molecule has 1 heterocycles. The van der Waals surface area contributed by atoms with E-state index in [1.54, 1.807) is 30.3 Å². The summed E-state index contributed by atoms with van der Waals surface area (Å²) in [7, 11) is 0. The first-order valence-electron chi connectivity index (χ1n) is 11.3. The second-order valence-corrected chi connectivity index (χ2v) is 9.91. The summed E-state index contributed by atoms with van der Waals surface area (Å²) >= 11 is 6.07. The first-order chi connectivity index (χ1) is 15.8. The number of carboxylic acids is 1. The van der Waals surface area contributed by atoms with Crippen LogP contribution in [0.1, 0.15) is 47.2 Å². The number of hydrogen-bond acceptors (Lipinski definition) is 4. The standard InChI is InChI=1S/C26H26ClFO5/c27-16-4-7-20(28)19(12-16)26(9-10-26)24(30)8-6-17-18-5-3-14-1-2-15(25(31)32)11-22(14)33-23(18)13-21(17)29/h1-2,4,6-8,11-12,17-18,21,23-24,29-30H,3,5,9-10,13H2,(H,31,32)/b8-6+/t17-,18-,21-,23+,24?/m1/s1. The van der Waals surface area contributed by atoms with E-state index in [0.29, 0.717) is 42.0 Å². The molecule has 5 rings (SSSR count). The van der Waals surface area contributed by atoms with E-state index in [1.807, 2.05) is 6.08 Å². The number of fused-ring (bicyclic) bond motifs is 2. The molecule has 2 aromatic rings. The molecule has 0 bridgehead atoms. The molecular weight excluding hydrogens is 447 g/mol. The summed E-state index contributed by atoms with van der Waals surface area (Å²) < 4.78 is 20.6. The van der Waals surface area contributed by atoms with Gasteiger partial charge >= 0.3 is 5.97 Å². The molecule has 1 aliphatic heterocycles. The Morgan fingerprint density at radius 3 is 2.76 bits per heavy atom. The molecular formula is C26H26ClFO5.